The minimum atomic E-state index is -4.39. The molecule has 3 nitrogen and oxygen atoms in total. The molecule has 0 spiro atoms. The summed E-state index contributed by atoms with van der Waals surface area (Å²) in [5.74, 6) is 0. The van der Waals surface area contributed by atoms with E-state index in [0.717, 1.165) is 12.4 Å². The molecule has 0 unspecified atom stereocenters. The number of nitrogens with one attached hydrogen (secondary N) is 2. The standard InChI is InChI=1S/C4H4F3N3/c5-4(6,7)10-3-1-8-9-2-3/h1-2,10H,(H,8,9). The van der Waals surface area contributed by atoms with Crippen molar-refractivity contribution in [3.8, 4) is 0 Å². The summed E-state index contributed by atoms with van der Waals surface area (Å²) < 4.78 is 34.4. The molecule has 2 N–H and O–H groups in total. The van der Waals surface area contributed by atoms with Gasteiger partial charge in [0.2, 0.25) is 0 Å². The van der Waals surface area contributed by atoms with Crippen LogP contribution < -0.4 is 5.32 Å². The highest BCUT2D eigenvalue weighted by molar-refractivity contribution is 5.38. The summed E-state index contributed by atoms with van der Waals surface area (Å²) >= 11 is 0. The second-order valence-electron chi connectivity index (χ2n) is 1.61. The van der Waals surface area contributed by atoms with Crippen LogP contribution in [0, 0.1) is 0 Å². The number of halogens is 3. The number of alkyl halides is 3. The van der Waals surface area contributed by atoms with E-state index in [1.165, 1.54) is 5.32 Å². The Morgan fingerprint density at radius 2 is 2.20 bits per heavy atom. The van der Waals surface area contributed by atoms with E-state index in [1.54, 1.807) is 0 Å². The molecule has 0 fully saturated rings. The molecule has 0 amide bonds. The van der Waals surface area contributed by atoms with E-state index in [0.29, 0.717) is 0 Å². The minimum Gasteiger partial charge on any atom is -0.294 e. The number of H-pyrrole nitrogens is 1. The molecule has 6 heteroatoms. The summed E-state index contributed by atoms with van der Waals surface area (Å²) in [5, 5.41) is 6.83. The van der Waals surface area contributed by atoms with Gasteiger partial charge in [-0.2, -0.15) is 18.3 Å². The summed E-state index contributed by atoms with van der Waals surface area (Å²) in [7, 11) is 0. The van der Waals surface area contributed by atoms with Gasteiger partial charge in [-0.15, -0.1) is 0 Å². The van der Waals surface area contributed by atoms with Gasteiger partial charge in [0.05, 0.1) is 11.9 Å². The minimum absolute atomic E-state index is 0.0903. The predicted octanol–water partition coefficient (Wildman–Crippen LogP) is 1.34. The Hall–Kier alpha value is -1.20. The Kier molecular flexibility index (Phi) is 1.52. The fourth-order valence-electron chi connectivity index (χ4n) is 0.483. The molecule has 0 aliphatic rings. The average Bonchev–Trinajstić information content (AvgIpc) is 2.12. The molecule has 1 heterocycles. The number of aromatic amines is 1. The molecule has 0 bridgehead atoms. The largest absolute Gasteiger partial charge is 0.482 e. The number of anilines is 1. The van der Waals surface area contributed by atoms with Crippen LogP contribution in [0.25, 0.3) is 0 Å². The molecule has 1 rings (SSSR count). The van der Waals surface area contributed by atoms with E-state index in [-0.39, 0.29) is 5.69 Å². The van der Waals surface area contributed by atoms with Crippen LogP contribution in [-0.2, 0) is 0 Å². The molecule has 0 aliphatic heterocycles. The van der Waals surface area contributed by atoms with Crippen molar-refractivity contribution in [3.63, 3.8) is 0 Å². The van der Waals surface area contributed by atoms with E-state index in [4.69, 9.17) is 0 Å². The molecule has 0 atom stereocenters. The fourth-order valence-corrected chi connectivity index (χ4v) is 0.483. The summed E-state index contributed by atoms with van der Waals surface area (Å²) in [4.78, 5) is 0. The first kappa shape index (κ1) is 6.91. The molecule has 1 aromatic heterocycles. The van der Waals surface area contributed by atoms with Gasteiger partial charge in [-0.1, -0.05) is 0 Å². The van der Waals surface area contributed by atoms with E-state index in [1.807, 2.05) is 0 Å². The first-order valence-corrected chi connectivity index (χ1v) is 2.41. The van der Waals surface area contributed by atoms with E-state index in [2.05, 4.69) is 10.2 Å². The van der Waals surface area contributed by atoms with E-state index >= 15 is 0 Å². The van der Waals surface area contributed by atoms with E-state index in [9.17, 15) is 13.2 Å². The van der Waals surface area contributed by atoms with Crippen molar-refractivity contribution >= 4 is 5.69 Å². The van der Waals surface area contributed by atoms with Crippen LogP contribution in [0.2, 0.25) is 0 Å². The van der Waals surface area contributed by atoms with Crippen LogP contribution in [0.15, 0.2) is 12.4 Å². The highest BCUT2D eigenvalue weighted by Gasteiger charge is 2.27. The molecule has 0 aromatic carbocycles. The van der Waals surface area contributed by atoms with Crippen LogP contribution in [0.1, 0.15) is 0 Å². The zero-order valence-corrected chi connectivity index (χ0v) is 4.74. The SMILES string of the molecule is FC(F)(F)Nc1cn[nH]c1. The van der Waals surface area contributed by atoms with Crippen molar-refractivity contribution in [2.75, 3.05) is 5.32 Å². The number of hydrogen-bond donors (Lipinski definition) is 2. The number of hydrogen-bond acceptors (Lipinski definition) is 2. The van der Waals surface area contributed by atoms with Crippen molar-refractivity contribution in [3.05, 3.63) is 12.4 Å². The maximum atomic E-state index is 11.5. The van der Waals surface area contributed by atoms with Gasteiger partial charge in [-0.25, -0.2) is 0 Å². The van der Waals surface area contributed by atoms with Crippen LogP contribution in [0.4, 0.5) is 18.9 Å². The second kappa shape index (κ2) is 2.20. The molecule has 0 saturated heterocycles. The molecule has 56 valence electrons. The normalized spacial score (nSPS) is 11.5. The Labute approximate surface area is 54.2 Å². The first-order chi connectivity index (χ1) is 4.58. The van der Waals surface area contributed by atoms with Crippen molar-refractivity contribution < 1.29 is 13.2 Å². The fraction of sp³-hybridized carbons (Fsp3) is 0.250. The summed E-state index contributed by atoms with van der Waals surface area (Å²) in [5.41, 5.74) is -0.0903. The van der Waals surface area contributed by atoms with Crippen LogP contribution in [0.3, 0.4) is 0 Å². The number of nitrogens with zero attached hydrogens (tertiary/aromatic N) is 1. The smallest absolute Gasteiger partial charge is 0.294 e. The quantitative estimate of drug-likeness (QED) is 0.594. The van der Waals surface area contributed by atoms with Crippen LogP contribution in [0.5, 0.6) is 0 Å². The van der Waals surface area contributed by atoms with Crippen molar-refractivity contribution in [2.45, 2.75) is 6.30 Å². The third-order valence-electron chi connectivity index (χ3n) is 0.784. The Morgan fingerprint density at radius 3 is 2.60 bits per heavy atom. The number of aromatic nitrogens is 2. The Balaban J connectivity index is 2.57. The van der Waals surface area contributed by atoms with Gasteiger partial charge in [0.1, 0.15) is 0 Å². The van der Waals surface area contributed by atoms with Gasteiger partial charge >= 0.3 is 6.30 Å². The molecule has 10 heavy (non-hydrogen) atoms. The lowest BCUT2D eigenvalue weighted by atomic mass is 10.6. The number of rotatable bonds is 1. The van der Waals surface area contributed by atoms with Gasteiger partial charge in [0, 0.05) is 6.20 Å². The highest BCUT2D eigenvalue weighted by Crippen LogP contribution is 2.17. The lowest BCUT2D eigenvalue weighted by Crippen LogP contribution is -2.20. The zero-order chi connectivity index (χ0) is 7.61. The Bertz CT molecular complexity index is 190. The van der Waals surface area contributed by atoms with Gasteiger partial charge in [-0.3, -0.25) is 10.4 Å². The van der Waals surface area contributed by atoms with Crippen molar-refractivity contribution in [2.24, 2.45) is 0 Å². The van der Waals surface area contributed by atoms with E-state index < -0.39 is 6.30 Å². The molecule has 0 saturated carbocycles. The topological polar surface area (TPSA) is 40.7 Å². The molecule has 0 radical (unpaired) electrons. The van der Waals surface area contributed by atoms with Gasteiger partial charge in [0.15, 0.2) is 0 Å². The first-order valence-electron chi connectivity index (χ1n) is 2.41. The third-order valence-corrected chi connectivity index (χ3v) is 0.784. The lowest BCUT2D eigenvalue weighted by Gasteiger charge is -2.05. The van der Waals surface area contributed by atoms with Crippen molar-refractivity contribution in [1.82, 2.24) is 10.2 Å². The predicted molar refractivity (Wildman–Crippen MR) is 28.3 cm³/mol. The molecule has 1 aromatic rings. The molecule has 0 aliphatic carbocycles. The summed E-state index contributed by atoms with van der Waals surface area (Å²) in [6.45, 7) is 0. The average molecular weight is 151 g/mol. The molecular weight excluding hydrogens is 147 g/mol. The summed E-state index contributed by atoms with van der Waals surface area (Å²) in [6.07, 6.45) is -2.22. The maximum absolute atomic E-state index is 11.5. The van der Waals surface area contributed by atoms with Gasteiger partial charge in [-0.05, 0) is 0 Å². The third kappa shape index (κ3) is 1.96. The lowest BCUT2D eigenvalue weighted by molar-refractivity contribution is -0.0999. The van der Waals surface area contributed by atoms with Crippen LogP contribution in [-0.4, -0.2) is 16.5 Å². The highest BCUT2D eigenvalue weighted by atomic mass is 19.4. The maximum Gasteiger partial charge on any atom is 0.482 e. The summed E-state index contributed by atoms with van der Waals surface area (Å²) in [6, 6.07) is 0. The monoisotopic (exact) mass is 151 g/mol. The Morgan fingerprint density at radius 1 is 1.50 bits per heavy atom. The van der Waals surface area contributed by atoms with Crippen LogP contribution >= 0.6 is 0 Å². The van der Waals surface area contributed by atoms with Gasteiger partial charge < -0.3 is 0 Å². The molecular formula is C4H4F3N3. The van der Waals surface area contributed by atoms with Crippen molar-refractivity contribution in [1.29, 1.82) is 0 Å². The second-order valence-corrected chi connectivity index (χ2v) is 1.61. The zero-order valence-electron chi connectivity index (χ0n) is 4.74. The van der Waals surface area contributed by atoms with Gasteiger partial charge in [0.25, 0.3) is 0 Å².